The molecule has 29 heavy (non-hydrogen) atoms. The van der Waals surface area contributed by atoms with Gasteiger partial charge in [-0.25, -0.2) is 0 Å². The van der Waals surface area contributed by atoms with E-state index in [0.29, 0.717) is 32.4 Å². The Morgan fingerprint density at radius 2 is 2.07 bits per heavy atom. The maximum absolute atomic E-state index is 13.5. The van der Waals surface area contributed by atoms with Crippen molar-refractivity contribution in [2.75, 3.05) is 19.7 Å². The fourth-order valence-corrected chi connectivity index (χ4v) is 8.71. The fourth-order valence-electron chi connectivity index (χ4n) is 5.09. The van der Waals surface area contributed by atoms with Crippen LogP contribution in [0.15, 0.2) is 0 Å². The molecule has 1 spiro atoms. The number of thioether (sulfide) groups is 1. The van der Waals surface area contributed by atoms with Crippen LogP contribution < -0.4 is 10.6 Å². The first-order chi connectivity index (χ1) is 13.8. The van der Waals surface area contributed by atoms with Crippen molar-refractivity contribution >= 4 is 45.4 Å². The molecule has 3 N–H and O–H groups in total. The van der Waals surface area contributed by atoms with Gasteiger partial charge < -0.3 is 20.6 Å². The normalized spacial score (nSPS) is 35.3. The highest BCUT2D eigenvalue weighted by Crippen LogP contribution is 2.67. The molecule has 3 heterocycles. The molecule has 6 atom stereocenters. The molecule has 0 aromatic rings. The third-order valence-electron chi connectivity index (χ3n) is 6.13. The van der Waals surface area contributed by atoms with Gasteiger partial charge in [0.05, 0.1) is 16.6 Å². The lowest BCUT2D eigenvalue weighted by Crippen LogP contribution is -2.55. The number of amides is 3. The topological polar surface area (TPSA) is 98.7 Å². The SMILES string of the molecule is CCCNC(=O)[C@H]1[C@H]2C(=O)N(CCCCO)C(C(=O)NC(C)C)C23CC(Br)[C@@H]1S3. The van der Waals surface area contributed by atoms with Gasteiger partial charge in [0.1, 0.15) is 6.04 Å². The van der Waals surface area contributed by atoms with Crippen molar-refractivity contribution in [2.45, 2.75) is 73.4 Å². The molecule has 0 saturated carbocycles. The van der Waals surface area contributed by atoms with Gasteiger partial charge in [-0.15, -0.1) is 11.8 Å². The maximum atomic E-state index is 13.5. The van der Waals surface area contributed by atoms with Crippen LogP contribution in [0.2, 0.25) is 0 Å². The van der Waals surface area contributed by atoms with Gasteiger partial charge in [-0.05, 0) is 39.5 Å². The number of rotatable bonds is 9. The molecule has 3 saturated heterocycles. The average molecular weight is 490 g/mol. The lowest BCUT2D eigenvalue weighted by molar-refractivity contribution is -0.140. The van der Waals surface area contributed by atoms with Gasteiger partial charge in [-0.1, -0.05) is 22.9 Å². The molecule has 0 aliphatic carbocycles. The van der Waals surface area contributed by atoms with Gasteiger partial charge in [0.25, 0.3) is 0 Å². The molecule has 0 aromatic heterocycles. The van der Waals surface area contributed by atoms with Crippen LogP contribution >= 0.6 is 27.7 Å². The van der Waals surface area contributed by atoms with Crippen LogP contribution in [0.3, 0.4) is 0 Å². The summed E-state index contributed by atoms with van der Waals surface area (Å²) >= 11 is 5.40. The molecule has 3 fully saturated rings. The third-order valence-corrected chi connectivity index (χ3v) is 9.35. The second kappa shape index (κ2) is 9.14. The summed E-state index contributed by atoms with van der Waals surface area (Å²) < 4.78 is -0.581. The number of carbonyl (C=O) groups is 3. The van der Waals surface area contributed by atoms with Gasteiger partial charge >= 0.3 is 0 Å². The number of nitrogens with zero attached hydrogens (tertiary/aromatic N) is 1. The first-order valence-corrected chi connectivity index (χ1v) is 12.4. The number of aliphatic hydroxyl groups excluding tert-OH is 1. The number of likely N-dealkylation sites (tertiary alicyclic amines) is 1. The van der Waals surface area contributed by atoms with Crippen molar-refractivity contribution in [2.24, 2.45) is 11.8 Å². The Morgan fingerprint density at radius 1 is 1.34 bits per heavy atom. The molecule has 164 valence electrons. The van der Waals surface area contributed by atoms with E-state index in [-0.39, 0.29) is 40.4 Å². The first kappa shape index (κ1) is 22.9. The number of aliphatic hydroxyl groups is 1. The molecule has 3 unspecified atom stereocenters. The minimum absolute atomic E-state index is 0.00486. The van der Waals surface area contributed by atoms with Crippen molar-refractivity contribution in [3.8, 4) is 0 Å². The number of fused-ring (bicyclic) bond motifs is 1. The monoisotopic (exact) mass is 489 g/mol. The van der Waals surface area contributed by atoms with Crippen LogP contribution in [0.5, 0.6) is 0 Å². The summed E-state index contributed by atoms with van der Waals surface area (Å²) in [4.78, 5) is 41.6. The van der Waals surface area contributed by atoms with Crippen molar-refractivity contribution < 1.29 is 19.5 Å². The van der Waals surface area contributed by atoms with Gasteiger partial charge in [-0.2, -0.15) is 0 Å². The molecule has 9 heteroatoms. The maximum Gasteiger partial charge on any atom is 0.244 e. The third kappa shape index (κ3) is 3.94. The van der Waals surface area contributed by atoms with E-state index in [2.05, 4.69) is 26.6 Å². The Kier molecular flexibility index (Phi) is 7.21. The Morgan fingerprint density at radius 3 is 2.69 bits per heavy atom. The van der Waals surface area contributed by atoms with E-state index in [1.54, 1.807) is 16.7 Å². The van der Waals surface area contributed by atoms with E-state index in [0.717, 1.165) is 6.42 Å². The summed E-state index contributed by atoms with van der Waals surface area (Å²) in [7, 11) is 0. The van der Waals surface area contributed by atoms with E-state index in [4.69, 9.17) is 5.11 Å². The molecule has 7 nitrogen and oxygen atoms in total. The number of nitrogens with one attached hydrogen (secondary N) is 2. The standard InChI is InChI=1S/C20H32BrN3O4S/c1-4-7-22-17(26)13-14-19(28)24(8-5-6-9-25)16(18(27)23-11(2)3)20(14)10-12(21)15(13)29-20/h11-16,25H,4-10H2,1-3H3,(H,22,26)(H,23,27)/t12?,13-,14-,15-,16?,20?/m0/s1. The largest absolute Gasteiger partial charge is 0.396 e. The highest BCUT2D eigenvalue weighted by atomic mass is 79.9. The lowest BCUT2D eigenvalue weighted by Gasteiger charge is -2.35. The zero-order chi connectivity index (χ0) is 21.3. The summed E-state index contributed by atoms with van der Waals surface area (Å²) in [6.45, 7) is 6.89. The number of hydrogen-bond acceptors (Lipinski definition) is 5. The molecule has 0 aromatic carbocycles. The lowest BCUT2D eigenvalue weighted by atomic mass is 9.70. The van der Waals surface area contributed by atoms with Crippen molar-refractivity contribution in [3.05, 3.63) is 0 Å². The van der Waals surface area contributed by atoms with E-state index in [9.17, 15) is 14.4 Å². The summed E-state index contributed by atoms with van der Waals surface area (Å²) in [5.74, 6) is -1.19. The quantitative estimate of drug-likeness (QED) is 0.334. The predicted molar refractivity (Wildman–Crippen MR) is 117 cm³/mol. The highest BCUT2D eigenvalue weighted by Gasteiger charge is 2.75. The first-order valence-electron chi connectivity index (χ1n) is 10.6. The molecule has 3 aliphatic heterocycles. The van der Waals surface area contributed by atoms with Gasteiger partial charge in [0.15, 0.2) is 0 Å². The minimum Gasteiger partial charge on any atom is -0.396 e. The molecular formula is C20H32BrN3O4S. The number of carbonyl (C=O) groups excluding carboxylic acids is 3. The fraction of sp³-hybridized carbons (Fsp3) is 0.850. The molecule has 3 aliphatic rings. The molecule has 3 rings (SSSR count). The smallest absolute Gasteiger partial charge is 0.244 e. The molecule has 0 radical (unpaired) electrons. The van der Waals surface area contributed by atoms with E-state index >= 15 is 0 Å². The summed E-state index contributed by atoms with van der Waals surface area (Å²) in [5.41, 5.74) is 0. The molecule has 2 bridgehead atoms. The zero-order valence-corrected chi connectivity index (χ0v) is 19.7. The highest BCUT2D eigenvalue weighted by molar-refractivity contribution is 9.09. The second-order valence-electron chi connectivity index (χ2n) is 8.58. The van der Waals surface area contributed by atoms with Gasteiger partial charge in [-0.3, -0.25) is 14.4 Å². The Balaban J connectivity index is 1.95. The Labute approximate surface area is 185 Å². The van der Waals surface area contributed by atoms with Crippen molar-refractivity contribution in [1.82, 2.24) is 15.5 Å². The predicted octanol–water partition coefficient (Wildman–Crippen LogP) is 1.27. The van der Waals surface area contributed by atoms with Gasteiger partial charge in [0.2, 0.25) is 17.7 Å². The Hall–Kier alpha value is -0.800. The van der Waals surface area contributed by atoms with Crippen molar-refractivity contribution in [3.63, 3.8) is 0 Å². The van der Waals surface area contributed by atoms with E-state index < -0.39 is 22.6 Å². The van der Waals surface area contributed by atoms with Crippen LogP contribution in [0.4, 0.5) is 0 Å². The minimum atomic E-state index is -0.583. The van der Waals surface area contributed by atoms with Gasteiger partial charge in [0, 0.05) is 35.8 Å². The second-order valence-corrected chi connectivity index (χ2v) is 11.3. The number of halogens is 1. The molecule has 3 amide bonds. The summed E-state index contributed by atoms with van der Waals surface area (Å²) in [6, 6.07) is -0.612. The van der Waals surface area contributed by atoms with Crippen molar-refractivity contribution in [1.29, 1.82) is 0 Å². The Bertz CT molecular complexity index is 664. The van der Waals surface area contributed by atoms with Crippen LogP contribution in [0.1, 0.15) is 46.5 Å². The summed E-state index contributed by atoms with van der Waals surface area (Å²) in [5, 5.41) is 15.1. The average Bonchev–Trinajstić information content (AvgIpc) is 3.23. The number of hydrogen-bond donors (Lipinski definition) is 3. The van der Waals surface area contributed by atoms with Crippen LogP contribution in [-0.2, 0) is 14.4 Å². The number of alkyl halides is 1. The molecular weight excluding hydrogens is 458 g/mol. The van der Waals surface area contributed by atoms with Crippen LogP contribution in [0, 0.1) is 11.8 Å². The van der Waals surface area contributed by atoms with E-state index in [1.165, 1.54) is 0 Å². The van der Waals surface area contributed by atoms with Crippen LogP contribution in [0.25, 0.3) is 0 Å². The zero-order valence-electron chi connectivity index (χ0n) is 17.3. The van der Waals surface area contributed by atoms with Crippen LogP contribution in [-0.4, -0.2) is 74.3 Å². The van der Waals surface area contributed by atoms with E-state index in [1.807, 2.05) is 20.8 Å². The number of unbranched alkanes of at least 4 members (excludes halogenated alkanes) is 1. The summed E-state index contributed by atoms with van der Waals surface area (Å²) in [6.07, 6.45) is 2.75.